The first-order chi connectivity index (χ1) is 11.9. The van der Waals surface area contributed by atoms with Gasteiger partial charge in [0.1, 0.15) is 6.33 Å². The van der Waals surface area contributed by atoms with Crippen molar-refractivity contribution < 1.29 is 0 Å². The molecule has 4 nitrogen and oxygen atoms in total. The van der Waals surface area contributed by atoms with E-state index in [1.807, 2.05) is 66.9 Å². The topological polar surface area (TPSA) is 51.6 Å². The van der Waals surface area contributed by atoms with Gasteiger partial charge in [-0.3, -0.25) is 9.97 Å². The zero-order valence-corrected chi connectivity index (χ0v) is 12.9. The van der Waals surface area contributed by atoms with E-state index < -0.39 is 0 Å². The van der Waals surface area contributed by atoms with Crippen LogP contribution in [0.4, 0.5) is 0 Å². The SMILES string of the molecule is c1ccc(-c2ncnc(-c3cccnc3)c2-c2ccccn2)cc1. The Kier molecular flexibility index (Phi) is 3.78. The molecule has 1 aromatic carbocycles. The number of nitrogens with zero attached hydrogens (tertiary/aromatic N) is 4. The predicted octanol–water partition coefficient (Wildman–Crippen LogP) is 4.27. The van der Waals surface area contributed by atoms with Gasteiger partial charge >= 0.3 is 0 Å². The number of hydrogen-bond acceptors (Lipinski definition) is 4. The van der Waals surface area contributed by atoms with Crippen LogP contribution in [0.25, 0.3) is 33.8 Å². The average molecular weight is 310 g/mol. The van der Waals surface area contributed by atoms with E-state index in [0.29, 0.717) is 0 Å². The maximum Gasteiger partial charge on any atom is 0.116 e. The Morgan fingerprint density at radius 1 is 0.583 bits per heavy atom. The van der Waals surface area contributed by atoms with Gasteiger partial charge in [0.05, 0.1) is 22.6 Å². The lowest BCUT2D eigenvalue weighted by molar-refractivity contribution is 1.16. The maximum absolute atomic E-state index is 4.54. The molecule has 0 bridgehead atoms. The van der Waals surface area contributed by atoms with Crippen molar-refractivity contribution in [3.63, 3.8) is 0 Å². The molecule has 4 heteroatoms. The Morgan fingerprint density at radius 2 is 1.33 bits per heavy atom. The third-order valence-corrected chi connectivity index (χ3v) is 3.75. The molecule has 0 saturated carbocycles. The molecule has 4 rings (SSSR count). The molecule has 0 fully saturated rings. The lowest BCUT2D eigenvalue weighted by Gasteiger charge is -2.13. The van der Waals surface area contributed by atoms with Crippen molar-refractivity contribution in [2.75, 3.05) is 0 Å². The summed E-state index contributed by atoms with van der Waals surface area (Å²) in [6.45, 7) is 0. The first-order valence-electron chi connectivity index (χ1n) is 7.66. The van der Waals surface area contributed by atoms with Gasteiger partial charge in [-0.25, -0.2) is 9.97 Å². The van der Waals surface area contributed by atoms with Crippen LogP contribution in [0.1, 0.15) is 0 Å². The van der Waals surface area contributed by atoms with Crippen LogP contribution in [0.2, 0.25) is 0 Å². The van der Waals surface area contributed by atoms with Gasteiger partial charge in [-0.1, -0.05) is 36.4 Å². The van der Waals surface area contributed by atoms with Crippen LogP contribution in [0.15, 0.2) is 85.6 Å². The summed E-state index contributed by atoms with van der Waals surface area (Å²) in [4.78, 5) is 17.8. The molecule has 0 spiro atoms. The quantitative estimate of drug-likeness (QED) is 0.567. The average Bonchev–Trinajstić information content (AvgIpc) is 2.69. The van der Waals surface area contributed by atoms with Crippen LogP contribution in [-0.4, -0.2) is 19.9 Å². The summed E-state index contributed by atoms with van der Waals surface area (Å²) in [5.41, 5.74) is 5.43. The van der Waals surface area contributed by atoms with Gasteiger partial charge in [-0.15, -0.1) is 0 Å². The molecule has 0 unspecified atom stereocenters. The summed E-state index contributed by atoms with van der Waals surface area (Å²) in [6, 6.07) is 19.8. The Morgan fingerprint density at radius 3 is 2.04 bits per heavy atom. The molecule has 4 aromatic rings. The largest absolute Gasteiger partial charge is 0.264 e. The highest BCUT2D eigenvalue weighted by molar-refractivity contribution is 5.89. The van der Waals surface area contributed by atoms with Crippen molar-refractivity contribution >= 4 is 0 Å². The van der Waals surface area contributed by atoms with Gasteiger partial charge in [0, 0.05) is 29.7 Å². The Hall–Kier alpha value is -3.40. The Bertz CT molecular complexity index is 881. The number of aromatic nitrogens is 4. The number of rotatable bonds is 3. The van der Waals surface area contributed by atoms with E-state index in [2.05, 4.69) is 19.9 Å². The minimum atomic E-state index is 0.829. The standard InChI is InChI=1S/C20H14N4/c1-2-7-15(8-3-1)19-18(17-10-4-5-12-22-17)20(24-14-23-19)16-9-6-11-21-13-16/h1-14H. The molecule has 24 heavy (non-hydrogen) atoms. The molecule has 0 atom stereocenters. The third-order valence-electron chi connectivity index (χ3n) is 3.75. The summed E-state index contributed by atoms with van der Waals surface area (Å²) in [6.07, 6.45) is 6.94. The van der Waals surface area contributed by atoms with Crippen LogP contribution >= 0.6 is 0 Å². The summed E-state index contributed by atoms with van der Waals surface area (Å²) in [7, 11) is 0. The molecule has 3 aromatic heterocycles. The summed E-state index contributed by atoms with van der Waals surface area (Å²) in [5.74, 6) is 0. The number of benzene rings is 1. The minimum Gasteiger partial charge on any atom is -0.264 e. The molecule has 0 N–H and O–H groups in total. The van der Waals surface area contributed by atoms with Gasteiger partial charge in [0.2, 0.25) is 0 Å². The third kappa shape index (κ3) is 2.65. The summed E-state index contributed by atoms with van der Waals surface area (Å²) >= 11 is 0. The smallest absolute Gasteiger partial charge is 0.116 e. The fraction of sp³-hybridized carbons (Fsp3) is 0. The van der Waals surface area contributed by atoms with Crippen LogP contribution < -0.4 is 0 Å². The lowest BCUT2D eigenvalue weighted by Crippen LogP contribution is -1.97. The van der Waals surface area contributed by atoms with Crippen molar-refractivity contribution in [1.82, 2.24) is 19.9 Å². The van der Waals surface area contributed by atoms with Crippen LogP contribution in [0.3, 0.4) is 0 Å². The molecular weight excluding hydrogens is 296 g/mol. The van der Waals surface area contributed by atoms with E-state index in [-0.39, 0.29) is 0 Å². The van der Waals surface area contributed by atoms with Crippen LogP contribution in [-0.2, 0) is 0 Å². The highest BCUT2D eigenvalue weighted by Crippen LogP contribution is 2.35. The van der Waals surface area contributed by atoms with E-state index >= 15 is 0 Å². The van der Waals surface area contributed by atoms with Gasteiger partial charge < -0.3 is 0 Å². The van der Waals surface area contributed by atoms with Crippen LogP contribution in [0.5, 0.6) is 0 Å². The molecule has 3 heterocycles. The second-order valence-corrected chi connectivity index (χ2v) is 5.27. The maximum atomic E-state index is 4.54. The van der Waals surface area contributed by atoms with Gasteiger partial charge in [-0.2, -0.15) is 0 Å². The van der Waals surface area contributed by atoms with Crippen molar-refractivity contribution in [3.8, 4) is 33.8 Å². The minimum absolute atomic E-state index is 0.829. The van der Waals surface area contributed by atoms with Crippen molar-refractivity contribution in [1.29, 1.82) is 0 Å². The first-order valence-corrected chi connectivity index (χ1v) is 7.66. The zero-order chi connectivity index (χ0) is 16.2. The predicted molar refractivity (Wildman–Crippen MR) is 93.9 cm³/mol. The second kappa shape index (κ2) is 6.38. The Balaban J connectivity index is 2.02. The zero-order valence-electron chi connectivity index (χ0n) is 12.9. The number of pyridine rings is 2. The van der Waals surface area contributed by atoms with E-state index in [4.69, 9.17) is 0 Å². The molecule has 0 amide bonds. The molecule has 0 aliphatic heterocycles. The van der Waals surface area contributed by atoms with Crippen molar-refractivity contribution in [2.24, 2.45) is 0 Å². The number of hydrogen-bond donors (Lipinski definition) is 0. The molecule has 114 valence electrons. The highest BCUT2D eigenvalue weighted by Gasteiger charge is 2.17. The first kappa shape index (κ1) is 14.2. The molecule has 0 radical (unpaired) electrons. The monoisotopic (exact) mass is 310 g/mol. The summed E-state index contributed by atoms with van der Waals surface area (Å²) < 4.78 is 0. The lowest BCUT2D eigenvalue weighted by atomic mass is 9.98. The fourth-order valence-electron chi connectivity index (χ4n) is 2.68. The molecule has 0 saturated heterocycles. The van der Waals surface area contributed by atoms with E-state index in [1.54, 1.807) is 18.7 Å². The molecule has 0 aliphatic rings. The Labute approximate surface area is 139 Å². The molecular formula is C20H14N4. The molecule has 0 aliphatic carbocycles. The fourth-order valence-corrected chi connectivity index (χ4v) is 2.68. The van der Waals surface area contributed by atoms with Gasteiger partial charge in [0.25, 0.3) is 0 Å². The van der Waals surface area contributed by atoms with E-state index in [9.17, 15) is 0 Å². The van der Waals surface area contributed by atoms with Gasteiger partial charge in [0.15, 0.2) is 0 Å². The van der Waals surface area contributed by atoms with Crippen molar-refractivity contribution in [2.45, 2.75) is 0 Å². The van der Waals surface area contributed by atoms with Crippen molar-refractivity contribution in [3.05, 3.63) is 85.6 Å². The second-order valence-electron chi connectivity index (χ2n) is 5.27. The van der Waals surface area contributed by atoms with Crippen LogP contribution in [0, 0.1) is 0 Å². The summed E-state index contributed by atoms with van der Waals surface area (Å²) in [5, 5.41) is 0. The normalized spacial score (nSPS) is 10.5. The highest BCUT2D eigenvalue weighted by atomic mass is 14.9. The van der Waals surface area contributed by atoms with E-state index in [0.717, 1.165) is 33.8 Å². The van der Waals surface area contributed by atoms with Gasteiger partial charge in [-0.05, 0) is 24.3 Å². The van der Waals surface area contributed by atoms with E-state index in [1.165, 1.54) is 0 Å².